The summed E-state index contributed by atoms with van der Waals surface area (Å²) in [6.45, 7) is 13.9. The SMILES string of the molecule is Cc1ccccc1OP(=O)(Oc1ccccc1C)Oc1c(C(=O)OC(C)C)cc2ccccc2c1-c1c(OP(=O)(Oc2ccccc2C)Oc2ccccc2C)c(C(=O)OC(C)C)cc2ccccc12. The molecule has 0 aliphatic carbocycles. The van der Waals surface area contributed by atoms with Crippen LogP contribution in [0.1, 0.15) is 70.7 Å². The molecule has 0 aliphatic rings. The van der Waals surface area contributed by atoms with Gasteiger partial charge in [-0.05, 0) is 136 Å². The maximum atomic E-state index is 15.9. The van der Waals surface area contributed by atoms with Crippen molar-refractivity contribution in [2.75, 3.05) is 0 Å². The molecule has 0 aliphatic heterocycles. The summed E-state index contributed by atoms with van der Waals surface area (Å²) in [6, 6.07) is 44.8. The number of rotatable bonds is 17. The van der Waals surface area contributed by atoms with Gasteiger partial charge in [-0.25, -0.2) is 9.59 Å². The fourth-order valence-corrected chi connectivity index (χ4v) is 10.5. The van der Waals surface area contributed by atoms with E-state index in [1.54, 1.807) is 213 Å². The first kappa shape index (κ1) is 48.9. The molecule has 8 rings (SSSR count). The third kappa shape index (κ3) is 10.8. The molecule has 0 saturated heterocycles. The van der Waals surface area contributed by atoms with Gasteiger partial charge in [0.25, 0.3) is 0 Å². The van der Waals surface area contributed by atoms with E-state index in [9.17, 15) is 9.59 Å². The molecule has 0 aromatic heterocycles. The zero-order valence-corrected chi connectivity index (χ0v) is 41.7. The van der Waals surface area contributed by atoms with Gasteiger partial charge in [0.15, 0.2) is 11.5 Å². The number of aryl methyl sites for hydroxylation is 4. The summed E-state index contributed by atoms with van der Waals surface area (Å²) >= 11 is 0. The average molecular weight is 979 g/mol. The molecule has 0 N–H and O–H groups in total. The van der Waals surface area contributed by atoms with Crippen molar-refractivity contribution in [3.05, 3.63) is 191 Å². The molecule has 0 saturated carbocycles. The van der Waals surface area contributed by atoms with E-state index in [2.05, 4.69) is 0 Å². The summed E-state index contributed by atoms with van der Waals surface area (Å²) in [4.78, 5) is 29.4. The van der Waals surface area contributed by atoms with Crippen molar-refractivity contribution in [2.45, 2.75) is 67.6 Å². The van der Waals surface area contributed by atoms with Gasteiger partial charge in [-0.15, -0.1) is 0 Å². The molecule has 0 heterocycles. The number of para-hydroxylation sites is 4. The second-order valence-electron chi connectivity index (χ2n) is 17.1. The van der Waals surface area contributed by atoms with Gasteiger partial charge in [0.2, 0.25) is 0 Å². The Hall–Kier alpha value is -7.52. The standard InChI is InChI=1S/C56H52O12P2/c1-35(2)61-55(57)45-33-41-25-13-15-27-43(41)51(53(45)67-69(59,63-47-29-17-9-21-37(47)5)64-48-30-18-10-22-38(48)6)52-44-28-16-14-26-42(44)34-46(56(58)62-36(3)4)54(52)68-70(60,65-49-31-19-11-23-39(49)7)66-50-32-20-12-24-40(50)8/h9-36H,1-8H3. The highest BCUT2D eigenvalue weighted by molar-refractivity contribution is 7.50. The van der Waals surface area contributed by atoms with E-state index in [1.807, 2.05) is 0 Å². The van der Waals surface area contributed by atoms with Crippen molar-refractivity contribution in [2.24, 2.45) is 0 Å². The summed E-state index contributed by atoms with van der Waals surface area (Å²) in [5.41, 5.74) is 2.15. The summed E-state index contributed by atoms with van der Waals surface area (Å²) in [6.07, 6.45) is -1.24. The maximum absolute atomic E-state index is 15.9. The first-order chi connectivity index (χ1) is 33.5. The number of phosphoric acid groups is 2. The predicted octanol–water partition coefficient (Wildman–Crippen LogP) is 15.3. The van der Waals surface area contributed by atoms with Crippen LogP contribution in [-0.4, -0.2) is 24.1 Å². The number of benzene rings is 8. The minimum Gasteiger partial charge on any atom is -0.459 e. The van der Waals surface area contributed by atoms with Crippen LogP contribution in [-0.2, 0) is 18.6 Å². The molecule has 0 bridgehead atoms. The topological polar surface area (TPSA) is 142 Å². The minimum atomic E-state index is -4.98. The first-order valence-electron chi connectivity index (χ1n) is 22.7. The Morgan fingerprint density at radius 3 is 0.943 bits per heavy atom. The number of carbonyl (C=O) groups is 2. The summed E-state index contributed by atoms with van der Waals surface area (Å²) in [5, 5.41) is 1.82. The van der Waals surface area contributed by atoms with Crippen LogP contribution in [0.4, 0.5) is 0 Å². The van der Waals surface area contributed by atoms with E-state index in [1.165, 1.54) is 0 Å². The molecule has 8 aromatic carbocycles. The van der Waals surface area contributed by atoms with Gasteiger partial charge in [-0.2, -0.15) is 9.13 Å². The van der Waals surface area contributed by atoms with Crippen LogP contribution in [0.25, 0.3) is 32.7 Å². The van der Waals surface area contributed by atoms with E-state index >= 15 is 9.13 Å². The largest absolute Gasteiger partial charge is 0.647 e. The minimum absolute atomic E-state index is 0.0551. The molecule has 0 amide bonds. The zero-order chi connectivity index (χ0) is 49.7. The van der Waals surface area contributed by atoms with E-state index in [0.717, 1.165) is 0 Å². The Morgan fingerprint density at radius 1 is 0.386 bits per heavy atom. The van der Waals surface area contributed by atoms with Gasteiger partial charge in [0.1, 0.15) is 34.1 Å². The van der Waals surface area contributed by atoms with Gasteiger partial charge >= 0.3 is 27.6 Å². The number of hydrogen-bond acceptors (Lipinski definition) is 12. The van der Waals surface area contributed by atoms with Crippen molar-refractivity contribution in [1.82, 2.24) is 0 Å². The lowest BCUT2D eigenvalue weighted by molar-refractivity contribution is 0.0364. The third-order valence-electron chi connectivity index (χ3n) is 11.0. The van der Waals surface area contributed by atoms with Gasteiger partial charge in [0.05, 0.1) is 12.2 Å². The monoisotopic (exact) mass is 978 g/mol. The molecule has 0 spiro atoms. The first-order valence-corrected chi connectivity index (χ1v) is 25.6. The van der Waals surface area contributed by atoms with Crippen molar-refractivity contribution < 1.29 is 55.3 Å². The molecular formula is C56H52O12P2. The molecule has 0 radical (unpaired) electrons. The smallest absolute Gasteiger partial charge is 0.459 e. The average Bonchev–Trinajstić information content (AvgIpc) is 3.31. The lowest BCUT2D eigenvalue weighted by Crippen LogP contribution is -2.17. The van der Waals surface area contributed by atoms with Crippen molar-refractivity contribution in [1.29, 1.82) is 0 Å². The summed E-state index contributed by atoms with van der Waals surface area (Å²) < 4.78 is 82.4. The Labute approximate surface area is 407 Å². The quantitative estimate of drug-likeness (QED) is 0.0633. The number of fused-ring (bicyclic) bond motifs is 2. The summed E-state index contributed by atoms with van der Waals surface area (Å²) in [5.74, 6) is -1.70. The molecule has 0 fully saturated rings. The highest BCUT2D eigenvalue weighted by Crippen LogP contribution is 2.59. The van der Waals surface area contributed by atoms with Crippen LogP contribution in [0.5, 0.6) is 34.5 Å². The van der Waals surface area contributed by atoms with Gasteiger partial charge in [-0.3, -0.25) is 0 Å². The Bertz CT molecular complexity index is 3040. The summed E-state index contributed by atoms with van der Waals surface area (Å²) in [7, 11) is -9.96. The number of ether oxygens (including phenoxy) is 2. The lowest BCUT2D eigenvalue weighted by Gasteiger charge is -2.27. The van der Waals surface area contributed by atoms with Crippen molar-refractivity contribution in [3.8, 4) is 45.6 Å². The van der Waals surface area contributed by atoms with E-state index in [0.29, 0.717) is 43.8 Å². The lowest BCUT2D eigenvalue weighted by atomic mass is 9.88. The van der Waals surface area contributed by atoms with Gasteiger partial charge < -0.3 is 36.6 Å². The molecule has 0 unspecified atom stereocenters. The number of carbonyl (C=O) groups excluding carboxylic acids is 2. The van der Waals surface area contributed by atoms with Crippen LogP contribution in [0, 0.1) is 27.7 Å². The third-order valence-corrected chi connectivity index (χ3v) is 13.5. The van der Waals surface area contributed by atoms with E-state index < -0.39 is 39.8 Å². The number of esters is 2. The van der Waals surface area contributed by atoms with Crippen molar-refractivity contribution >= 4 is 49.1 Å². The van der Waals surface area contributed by atoms with Crippen LogP contribution in [0.15, 0.2) is 158 Å². The molecule has 358 valence electrons. The Balaban J connectivity index is 1.51. The second-order valence-corrected chi connectivity index (χ2v) is 20.0. The molecule has 12 nitrogen and oxygen atoms in total. The van der Waals surface area contributed by atoms with Crippen LogP contribution in [0.2, 0.25) is 0 Å². The van der Waals surface area contributed by atoms with Crippen LogP contribution >= 0.6 is 15.6 Å². The Morgan fingerprint density at radius 2 is 0.657 bits per heavy atom. The molecule has 0 atom stereocenters. The predicted molar refractivity (Wildman–Crippen MR) is 272 cm³/mol. The van der Waals surface area contributed by atoms with E-state index in [-0.39, 0.29) is 56.8 Å². The van der Waals surface area contributed by atoms with Gasteiger partial charge in [0, 0.05) is 11.1 Å². The van der Waals surface area contributed by atoms with Crippen LogP contribution in [0.3, 0.4) is 0 Å². The fourth-order valence-electron chi connectivity index (χ4n) is 7.65. The second kappa shape index (κ2) is 20.6. The highest BCUT2D eigenvalue weighted by Gasteiger charge is 2.42. The normalized spacial score (nSPS) is 11.6. The van der Waals surface area contributed by atoms with Gasteiger partial charge in [-0.1, -0.05) is 121 Å². The molecular weight excluding hydrogens is 927 g/mol. The zero-order valence-electron chi connectivity index (χ0n) is 40.0. The molecule has 8 aromatic rings. The van der Waals surface area contributed by atoms with Crippen LogP contribution < -0.4 is 27.1 Å². The Kier molecular flexibility index (Phi) is 14.4. The number of phosphoric ester groups is 2. The van der Waals surface area contributed by atoms with Crippen molar-refractivity contribution in [3.63, 3.8) is 0 Å². The van der Waals surface area contributed by atoms with E-state index in [4.69, 9.17) is 36.6 Å². The molecule has 14 heteroatoms. The maximum Gasteiger partial charge on any atom is 0.647 e. The highest BCUT2D eigenvalue weighted by atomic mass is 31.2. The number of hydrogen-bond donors (Lipinski definition) is 0. The molecule has 70 heavy (non-hydrogen) atoms. The fraction of sp³-hybridized carbons (Fsp3) is 0.179.